The Morgan fingerprint density at radius 3 is 2.37 bits per heavy atom. The largest absolute Gasteiger partial charge is 0.351 e. The minimum atomic E-state index is -0.828. The fourth-order valence-corrected chi connectivity index (χ4v) is 1.95. The summed E-state index contributed by atoms with van der Waals surface area (Å²) < 4.78 is 26.5. The molecule has 0 aliphatic heterocycles. The van der Waals surface area contributed by atoms with E-state index in [0.717, 1.165) is 6.07 Å². The van der Waals surface area contributed by atoms with Crippen LogP contribution in [0.1, 0.15) is 5.56 Å². The first-order valence-electron chi connectivity index (χ1n) is 5.12. The highest BCUT2D eigenvalue weighted by Gasteiger charge is 2.12. The highest BCUT2D eigenvalue weighted by Crippen LogP contribution is 2.32. The van der Waals surface area contributed by atoms with Crippen molar-refractivity contribution in [3.63, 3.8) is 0 Å². The lowest BCUT2D eigenvalue weighted by Crippen LogP contribution is -1.97. The van der Waals surface area contributed by atoms with E-state index in [-0.39, 0.29) is 15.7 Å². The molecular formula is C13H6Cl2F2N2. The lowest BCUT2D eigenvalue weighted by molar-refractivity contribution is 0.586. The number of nitrogens with one attached hydrogen (secondary N) is 1. The van der Waals surface area contributed by atoms with Gasteiger partial charge in [0, 0.05) is 6.07 Å². The van der Waals surface area contributed by atoms with Crippen LogP contribution in [0.3, 0.4) is 0 Å². The van der Waals surface area contributed by atoms with Crippen LogP contribution in [0, 0.1) is 23.0 Å². The molecule has 1 N–H and O–H groups in total. The van der Waals surface area contributed by atoms with Gasteiger partial charge in [0.25, 0.3) is 0 Å². The van der Waals surface area contributed by atoms with Gasteiger partial charge in [-0.05, 0) is 24.3 Å². The van der Waals surface area contributed by atoms with E-state index in [0.29, 0.717) is 17.3 Å². The third kappa shape index (κ3) is 2.95. The van der Waals surface area contributed by atoms with E-state index >= 15 is 0 Å². The molecule has 96 valence electrons. The summed E-state index contributed by atoms with van der Waals surface area (Å²) in [6, 6.07) is 8.09. The molecule has 19 heavy (non-hydrogen) atoms. The Kier molecular flexibility index (Phi) is 3.89. The summed E-state index contributed by atoms with van der Waals surface area (Å²) in [7, 11) is 0. The van der Waals surface area contributed by atoms with E-state index in [4.69, 9.17) is 28.5 Å². The number of hydrogen-bond donors (Lipinski definition) is 1. The number of hydrogen-bond acceptors (Lipinski definition) is 2. The van der Waals surface area contributed by atoms with E-state index < -0.39 is 11.6 Å². The van der Waals surface area contributed by atoms with Crippen LogP contribution in [0.4, 0.5) is 20.2 Å². The van der Waals surface area contributed by atoms with Gasteiger partial charge in [0.15, 0.2) is 5.82 Å². The van der Waals surface area contributed by atoms with Gasteiger partial charge in [0.05, 0.1) is 33.1 Å². The third-order valence-electron chi connectivity index (χ3n) is 2.36. The molecule has 2 aromatic carbocycles. The molecule has 2 rings (SSSR count). The Labute approximate surface area is 118 Å². The number of nitrogens with zero attached hydrogens (tertiary/aromatic N) is 1. The van der Waals surface area contributed by atoms with Gasteiger partial charge in [-0.25, -0.2) is 8.78 Å². The molecule has 0 amide bonds. The number of halogens is 4. The molecule has 0 aliphatic carbocycles. The van der Waals surface area contributed by atoms with Crippen LogP contribution < -0.4 is 5.32 Å². The molecule has 0 aromatic heterocycles. The normalized spacial score (nSPS) is 10.1. The number of rotatable bonds is 2. The van der Waals surface area contributed by atoms with Gasteiger partial charge in [-0.1, -0.05) is 23.2 Å². The maximum absolute atomic E-state index is 13.6. The van der Waals surface area contributed by atoms with Gasteiger partial charge in [0.1, 0.15) is 5.82 Å². The van der Waals surface area contributed by atoms with Crippen molar-refractivity contribution >= 4 is 34.6 Å². The summed E-state index contributed by atoms with van der Waals surface area (Å²) in [6.07, 6.45) is 0. The summed E-state index contributed by atoms with van der Waals surface area (Å²) in [5, 5.41) is 11.5. The first-order chi connectivity index (χ1) is 9.01. The van der Waals surface area contributed by atoms with Crippen LogP contribution in [0.5, 0.6) is 0 Å². The molecule has 0 fully saturated rings. The van der Waals surface area contributed by atoms with Crippen molar-refractivity contribution in [2.24, 2.45) is 0 Å². The molecule has 0 bridgehead atoms. The highest BCUT2D eigenvalue weighted by molar-refractivity contribution is 6.34. The summed E-state index contributed by atoms with van der Waals surface area (Å²) >= 11 is 11.7. The lowest BCUT2D eigenvalue weighted by atomic mass is 10.2. The zero-order valence-electron chi connectivity index (χ0n) is 9.35. The van der Waals surface area contributed by atoms with Crippen LogP contribution in [0.15, 0.2) is 30.3 Å². The molecule has 0 atom stereocenters. The van der Waals surface area contributed by atoms with Gasteiger partial charge in [-0.2, -0.15) is 5.26 Å². The number of anilines is 2. The van der Waals surface area contributed by atoms with Gasteiger partial charge in [-0.3, -0.25) is 0 Å². The van der Waals surface area contributed by atoms with Crippen molar-refractivity contribution in [2.45, 2.75) is 0 Å². The smallest absolute Gasteiger partial charge is 0.151 e. The molecule has 0 unspecified atom stereocenters. The molecule has 0 spiro atoms. The van der Waals surface area contributed by atoms with Crippen LogP contribution in [-0.2, 0) is 0 Å². The van der Waals surface area contributed by atoms with Gasteiger partial charge in [-0.15, -0.1) is 0 Å². The molecule has 0 radical (unpaired) electrons. The number of benzene rings is 2. The van der Waals surface area contributed by atoms with Crippen LogP contribution in [-0.4, -0.2) is 0 Å². The topological polar surface area (TPSA) is 35.8 Å². The molecule has 0 saturated carbocycles. The maximum atomic E-state index is 13.6. The van der Waals surface area contributed by atoms with Crippen molar-refractivity contribution in [1.82, 2.24) is 0 Å². The second kappa shape index (κ2) is 5.43. The Balaban J connectivity index is 2.40. The minimum absolute atomic E-state index is 0.0744. The Morgan fingerprint density at radius 1 is 1.05 bits per heavy atom. The zero-order valence-corrected chi connectivity index (χ0v) is 10.9. The maximum Gasteiger partial charge on any atom is 0.151 e. The van der Waals surface area contributed by atoms with E-state index in [1.54, 1.807) is 0 Å². The third-order valence-corrected chi connectivity index (χ3v) is 2.98. The fraction of sp³-hybridized carbons (Fsp3) is 0. The first-order valence-corrected chi connectivity index (χ1v) is 5.88. The Hall–Kier alpha value is -1.83. The summed E-state index contributed by atoms with van der Waals surface area (Å²) in [6.45, 7) is 0. The lowest BCUT2D eigenvalue weighted by Gasteiger charge is -2.11. The average molecular weight is 299 g/mol. The van der Waals surface area contributed by atoms with Crippen molar-refractivity contribution in [3.05, 3.63) is 57.6 Å². The Bertz CT molecular complexity index is 658. The minimum Gasteiger partial charge on any atom is -0.351 e. The quantitative estimate of drug-likeness (QED) is 0.857. The zero-order chi connectivity index (χ0) is 14.0. The Morgan fingerprint density at radius 2 is 1.79 bits per heavy atom. The van der Waals surface area contributed by atoms with Gasteiger partial charge >= 0.3 is 0 Å². The predicted molar refractivity (Wildman–Crippen MR) is 70.8 cm³/mol. The molecule has 0 heterocycles. The van der Waals surface area contributed by atoms with E-state index in [9.17, 15) is 8.78 Å². The fourth-order valence-electron chi connectivity index (χ4n) is 1.48. The predicted octanol–water partition coefficient (Wildman–Crippen LogP) is 4.89. The van der Waals surface area contributed by atoms with Crippen molar-refractivity contribution in [1.29, 1.82) is 5.26 Å². The van der Waals surface area contributed by atoms with Gasteiger partial charge in [0.2, 0.25) is 0 Å². The van der Waals surface area contributed by atoms with Crippen LogP contribution in [0.2, 0.25) is 10.0 Å². The summed E-state index contributed by atoms with van der Waals surface area (Å²) in [4.78, 5) is 0. The molecule has 2 aromatic rings. The molecule has 6 heteroatoms. The highest BCUT2D eigenvalue weighted by atomic mass is 35.5. The van der Waals surface area contributed by atoms with Crippen LogP contribution >= 0.6 is 23.2 Å². The van der Waals surface area contributed by atoms with Crippen molar-refractivity contribution < 1.29 is 8.78 Å². The molecule has 0 saturated heterocycles. The monoisotopic (exact) mass is 298 g/mol. The number of nitriles is 1. The SMILES string of the molecule is N#Cc1ccc(Nc2c(F)cc(F)cc2Cl)c(Cl)c1. The second-order valence-corrected chi connectivity index (χ2v) is 4.49. The molecular weight excluding hydrogens is 293 g/mol. The summed E-state index contributed by atoms with van der Waals surface area (Å²) in [5.74, 6) is -1.59. The molecule has 0 aliphatic rings. The van der Waals surface area contributed by atoms with Gasteiger partial charge < -0.3 is 5.32 Å². The standard InChI is InChI=1S/C13H6Cl2F2N2/c14-9-3-7(6-18)1-2-12(9)19-13-10(15)4-8(16)5-11(13)17/h1-5,19H. The molecule has 2 nitrogen and oxygen atoms in total. The first kappa shape index (κ1) is 13.6. The average Bonchev–Trinajstić information content (AvgIpc) is 2.35. The van der Waals surface area contributed by atoms with Crippen LogP contribution in [0.25, 0.3) is 0 Å². The van der Waals surface area contributed by atoms with E-state index in [1.807, 2.05) is 6.07 Å². The second-order valence-electron chi connectivity index (χ2n) is 3.68. The van der Waals surface area contributed by atoms with Crippen molar-refractivity contribution in [3.8, 4) is 6.07 Å². The van der Waals surface area contributed by atoms with Crippen molar-refractivity contribution in [2.75, 3.05) is 5.32 Å². The van der Waals surface area contributed by atoms with E-state index in [1.165, 1.54) is 18.2 Å². The van der Waals surface area contributed by atoms with E-state index in [2.05, 4.69) is 5.32 Å². The summed E-state index contributed by atoms with van der Waals surface area (Å²) in [5.41, 5.74) is 0.670.